The fraction of sp³-hybridized carbons (Fsp3) is 0.522. The Hall–Kier alpha value is -1.93. The highest BCUT2D eigenvalue weighted by molar-refractivity contribution is 8.00. The minimum Gasteiger partial charge on any atom is -0.370 e. The molecule has 8 heteroatoms. The van der Waals surface area contributed by atoms with Crippen LogP contribution in [-0.4, -0.2) is 47.2 Å². The molecule has 0 saturated carbocycles. The second-order valence-electron chi connectivity index (χ2n) is 8.94. The number of rotatable bonds is 5. The normalized spacial score (nSPS) is 19.8. The fourth-order valence-corrected chi connectivity index (χ4v) is 5.02. The molecule has 4 rings (SSSR count). The average Bonchev–Trinajstić information content (AvgIpc) is 3.02. The molecule has 2 aromatic rings. The highest BCUT2D eigenvalue weighted by Crippen LogP contribution is 2.38. The zero-order valence-electron chi connectivity index (χ0n) is 18.0. The van der Waals surface area contributed by atoms with Crippen molar-refractivity contribution in [2.75, 3.05) is 36.1 Å². The van der Waals surface area contributed by atoms with Crippen LogP contribution in [0.15, 0.2) is 47.6 Å². The molecule has 31 heavy (non-hydrogen) atoms. The molecular formula is C23H29F3N4S. The van der Waals surface area contributed by atoms with Crippen LogP contribution in [-0.2, 0) is 6.54 Å². The van der Waals surface area contributed by atoms with Crippen molar-refractivity contribution < 1.29 is 13.2 Å². The smallest absolute Gasteiger partial charge is 0.370 e. The molecule has 1 aromatic heterocycles. The Kier molecular flexibility index (Phi) is 6.40. The second kappa shape index (κ2) is 8.90. The summed E-state index contributed by atoms with van der Waals surface area (Å²) < 4.78 is 37.8. The molecule has 0 unspecified atom stereocenters. The molecule has 0 spiro atoms. The predicted molar refractivity (Wildman–Crippen MR) is 120 cm³/mol. The van der Waals surface area contributed by atoms with Gasteiger partial charge in [-0.05, 0) is 80.8 Å². The molecule has 0 radical (unpaired) electrons. The summed E-state index contributed by atoms with van der Waals surface area (Å²) >= 11 is -0.0703. The van der Waals surface area contributed by atoms with Gasteiger partial charge in [0, 0.05) is 48.5 Å². The van der Waals surface area contributed by atoms with Gasteiger partial charge >= 0.3 is 5.51 Å². The van der Waals surface area contributed by atoms with Gasteiger partial charge in [0.1, 0.15) is 0 Å². The first kappa shape index (κ1) is 22.3. The highest BCUT2D eigenvalue weighted by atomic mass is 32.2. The molecule has 0 bridgehead atoms. The Morgan fingerprint density at radius 3 is 2.39 bits per heavy atom. The number of pyridine rings is 1. The molecule has 0 atom stereocenters. The molecular weight excluding hydrogens is 421 g/mol. The minimum absolute atomic E-state index is 0.0537. The summed E-state index contributed by atoms with van der Waals surface area (Å²) in [6.07, 6.45) is 7.58. The molecule has 0 N–H and O–H groups in total. The average molecular weight is 451 g/mol. The van der Waals surface area contributed by atoms with Crippen LogP contribution in [0.2, 0.25) is 0 Å². The van der Waals surface area contributed by atoms with E-state index in [1.807, 2.05) is 12.4 Å². The molecule has 2 saturated heterocycles. The van der Waals surface area contributed by atoms with Gasteiger partial charge in [0.25, 0.3) is 0 Å². The van der Waals surface area contributed by atoms with Crippen molar-refractivity contribution in [2.24, 2.45) is 0 Å². The number of piperidine rings is 1. The maximum absolute atomic E-state index is 12.6. The Labute approximate surface area is 186 Å². The Morgan fingerprint density at radius 1 is 1.00 bits per heavy atom. The number of nitrogens with zero attached hydrogens (tertiary/aromatic N) is 4. The molecule has 2 aliphatic heterocycles. The lowest BCUT2D eigenvalue weighted by Crippen LogP contribution is -2.40. The van der Waals surface area contributed by atoms with Gasteiger partial charge in [-0.1, -0.05) is 0 Å². The van der Waals surface area contributed by atoms with Crippen molar-refractivity contribution >= 4 is 23.1 Å². The molecule has 1 aromatic carbocycles. The summed E-state index contributed by atoms with van der Waals surface area (Å²) in [5.41, 5.74) is -0.853. The monoisotopic (exact) mass is 450 g/mol. The molecule has 0 aliphatic carbocycles. The van der Waals surface area contributed by atoms with Crippen LogP contribution < -0.4 is 9.80 Å². The third-order valence-corrected chi connectivity index (χ3v) is 6.90. The van der Waals surface area contributed by atoms with Crippen LogP contribution in [0.25, 0.3) is 0 Å². The van der Waals surface area contributed by atoms with E-state index in [1.165, 1.54) is 30.5 Å². The Morgan fingerprint density at radius 2 is 1.71 bits per heavy atom. The van der Waals surface area contributed by atoms with E-state index >= 15 is 0 Å². The predicted octanol–water partition coefficient (Wildman–Crippen LogP) is 5.74. The summed E-state index contributed by atoms with van der Waals surface area (Å²) in [6, 6.07) is 8.81. The van der Waals surface area contributed by atoms with Gasteiger partial charge in [-0.2, -0.15) is 13.2 Å². The Bertz CT molecular complexity index is 879. The van der Waals surface area contributed by atoms with Crippen molar-refractivity contribution in [3.05, 3.63) is 48.3 Å². The van der Waals surface area contributed by atoms with Gasteiger partial charge in [0.2, 0.25) is 0 Å². The Balaban J connectivity index is 1.47. The molecule has 0 amide bonds. The van der Waals surface area contributed by atoms with Crippen molar-refractivity contribution in [1.82, 2.24) is 9.88 Å². The topological polar surface area (TPSA) is 22.6 Å². The first-order valence-electron chi connectivity index (χ1n) is 10.7. The SMILES string of the molecule is CC1(C)CN(c2ccc(SC(F)(F)F)cc2)CN1Cc1ccncc1N1CCCCC1. The van der Waals surface area contributed by atoms with Gasteiger partial charge in [-0.15, -0.1) is 0 Å². The quantitative estimate of drug-likeness (QED) is 0.540. The standard InChI is InChI=1S/C23H29F3N4S/c1-22(2)16-29(19-6-8-20(9-7-19)31-23(24,25)26)17-30(22)15-18-10-11-27-14-21(18)28-12-4-3-5-13-28/h6-11,14H,3-5,12-13,15-17H2,1-2H3. The highest BCUT2D eigenvalue weighted by Gasteiger charge is 2.37. The summed E-state index contributed by atoms with van der Waals surface area (Å²) in [7, 11) is 0. The van der Waals surface area contributed by atoms with Crippen LogP contribution in [0.5, 0.6) is 0 Å². The number of aromatic nitrogens is 1. The first-order chi connectivity index (χ1) is 14.7. The molecule has 3 heterocycles. The zero-order valence-corrected chi connectivity index (χ0v) is 18.8. The van der Waals surface area contributed by atoms with Crippen molar-refractivity contribution in [3.8, 4) is 0 Å². The lowest BCUT2D eigenvalue weighted by molar-refractivity contribution is -0.0328. The number of anilines is 2. The fourth-order valence-electron chi connectivity index (χ4n) is 4.48. The van der Waals surface area contributed by atoms with Gasteiger partial charge < -0.3 is 9.80 Å². The van der Waals surface area contributed by atoms with Crippen LogP contribution in [0, 0.1) is 0 Å². The van der Waals surface area contributed by atoms with Crippen LogP contribution in [0.4, 0.5) is 24.5 Å². The van der Waals surface area contributed by atoms with E-state index in [2.05, 4.69) is 39.6 Å². The van der Waals surface area contributed by atoms with Crippen LogP contribution in [0.3, 0.4) is 0 Å². The van der Waals surface area contributed by atoms with Crippen molar-refractivity contribution in [1.29, 1.82) is 0 Å². The van der Waals surface area contributed by atoms with Crippen LogP contribution in [0.1, 0.15) is 38.7 Å². The maximum Gasteiger partial charge on any atom is 0.446 e. The van der Waals surface area contributed by atoms with E-state index in [0.29, 0.717) is 0 Å². The molecule has 2 aliphatic rings. The zero-order chi connectivity index (χ0) is 22.1. The van der Waals surface area contributed by atoms with Gasteiger partial charge in [-0.25, -0.2) is 0 Å². The number of benzene rings is 1. The lowest BCUT2D eigenvalue weighted by Gasteiger charge is -2.33. The van der Waals surface area contributed by atoms with Gasteiger partial charge in [0.05, 0.1) is 18.6 Å². The summed E-state index contributed by atoms with van der Waals surface area (Å²) in [5, 5.41) is 0. The lowest BCUT2D eigenvalue weighted by atomic mass is 10.0. The molecule has 4 nitrogen and oxygen atoms in total. The maximum atomic E-state index is 12.6. The van der Waals surface area contributed by atoms with E-state index in [1.54, 1.807) is 24.3 Å². The van der Waals surface area contributed by atoms with Crippen molar-refractivity contribution in [2.45, 2.75) is 55.6 Å². The summed E-state index contributed by atoms with van der Waals surface area (Å²) in [4.78, 5) is 11.7. The first-order valence-corrected chi connectivity index (χ1v) is 11.6. The second-order valence-corrected chi connectivity index (χ2v) is 10.1. The number of alkyl halides is 3. The van der Waals surface area contributed by atoms with E-state index in [0.717, 1.165) is 38.5 Å². The molecule has 168 valence electrons. The largest absolute Gasteiger partial charge is 0.446 e. The summed E-state index contributed by atoms with van der Waals surface area (Å²) in [6.45, 7) is 8.99. The van der Waals surface area contributed by atoms with E-state index < -0.39 is 5.51 Å². The minimum atomic E-state index is -4.26. The van der Waals surface area contributed by atoms with Gasteiger partial charge in [0.15, 0.2) is 0 Å². The third kappa shape index (κ3) is 5.47. The number of hydrogen-bond acceptors (Lipinski definition) is 5. The van der Waals surface area contributed by atoms with E-state index in [-0.39, 0.29) is 22.2 Å². The number of halogens is 3. The van der Waals surface area contributed by atoms with E-state index in [4.69, 9.17) is 0 Å². The van der Waals surface area contributed by atoms with Crippen LogP contribution >= 0.6 is 11.8 Å². The molecule has 2 fully saturated rings. The summed E-state index contributed by atoms with van der Waals surface area (Å²) in [5.74, 6) is 0. The number of thioether (sulfide) groups is 1. The number of hydrogen-bond donors (Lipinski definition) is 0. The third-order valence-electron chi connectivity index (χ3n) is 6.16. The van der Waals surface area contributed by atoms with Crippen molar-refractivity contribution in [3.63, 3.8) is 0 Å². The van der Waals surface area contributed by atoms with Gasteiger partial charge in [-0.3, -0.25) is 9.88 Å². The van der Waals surface area contributed by atoms with E-state index in [9.17, 15) is 13.2 Å².